The molecule has 3 aromatic rings. The molecule has 0 unspecified atom stereocenters. The van der Waals surface area contributed by atoms with Gasteiger partial charge in [-0.2, -0.15) is 0 Å². The van der Waals surface area contributed by atoms with Crippen LogP contribution >= 0.6 is 0 Å². The molecule has 166 valence electrons. The van der Waals surface area contributed by atoms with Crippen LogP contribution in [-0.4, -0.2) is 28.5 Å². The summed E-state index contributed by atoms with van der Waals surface area (Å²) in [6.45, 7) is 0. The molecular weight excluding hydrogens is 435 g/mol. The van der Waals surface area contributed by atoms with Crippen molar-refractivity contribution >= 4 is 33.4 Å². The van der Waals surface area contributed by atoms with Crippen molar-refractivity contribution in [3.63, 3.8) is 0 Å². The maximum Gasteiger partial charge on any atom is 0.262 e. The number of carbonyl (C=O) groups excluding carboxylic acids is 1. The van der Waals surface area contributed by atoms with Crippen LogP contribution in [0.4, 0.5) is 15.8 Å². The number of anilines is 2. The zero-order valence-electron chi connectivity index (χ0n) is 17.3. The van der Waals surface area contributed by atoms with Crippen LogP contribution in [0.5, 0.6) is 11.5 Å². The SMILES string of the molecule is COc1ccc(NS(=O)(=O)c2ccc(NC(=O)C=Cc3ccc(F)cc3)cc2)c(OC)c1. The molecule has 3 rings (SSSR count). The van der Waals surface area contributed by atoms with Crippen molar-refractivity contribution in [2.24, 2.45) is 0 Å². The second kappa shape index (κ2) is 9.97. The van der Waals surface area contributed by atoms with Crippen molar-refractivity contribution in [1.29, 1.82) is 0 Å². The van der Waals surface area contributed by atoms with Gasteiger partial charge in [-0.15, -0.1) is 0 Å². The number of sulfonamides is 1. The Hall–Kier alpha value is -3.85. The molecule has 9 heteroatoms. The summed E-state index contributed by atoms with van der Waals surface area (Å²) in [4.78, 5) is 12.1. The fourth-order valence-electron chi connectivity index (χ4n) is 2.73. The number of amides is 1. The van der Waals surface area contributed by atoms with Gasteiger partial charge in [0.05, 0.1) is 24.8 Å². The standard InChI is InChI=1S/C23H21FN2O5S/c1-30-19-10-13-21(22(15-19)31-2)26-32(28,29)20-11-8-18(9-12-20)25-23(27)14-5-16-3-6-17(24)7-4-16/h3-15,26H,1-2H3,(H,25,27). The number of hydrogen-bond donors (Lipinski definition) is 2. The van der Waals surface area contributed by atoms with Gasteiger partial charge in [-0.05, 0) is 60.2 Å². The van der Waals surface area contributed by atoms with Crippen LogP contribution in [0.1, 0.15) is 5.56 Å². The highest BCUT2D eigenvalue weighted by Gasteiger charge is 2.17. The van der Waals surface area contributed by atoms with E-state index < -0.39 is 15.9 Å². The first kappa shape index (κ1) is 22.8. The summed E-state index contributed by atoms with van der Waals surface area (Å²) >= 11 is 0. The van der Waals surface area contributed by atoms with Crippen LogP contribution in [0.25, 0.3) is 6.08 Å². The molecule has 0 aliphatic carbocycles. The molecule has 0 bridgehead atoms. The Labute approximate surface area is 185 Å². The lowest BCUT2D eigenvalue weighted by Crippen LogP contribution is -2.14. The van der Waals surface area contributed by atoms with Gasteiger partial charge < -0.3 is 14.8 Å². The summed E-state index contributed by atoms with van der Waals surface area (Å²) in [6.07, 6.45) is 2.84. The lowest BCUT2D eigenvalue weighted by Gasteiger charge is -2.13. The van der Waals surface area contributed by atoms with E-state index in [2.05, 4.69) is 10.0 Å². The zero-order valence-corrected chi connectivity index (χ0v) is 18.1. The molecule has 0 aromatic heterocycles. The van der Waals surface area contributed by atoms with Crippen molar-refractivity contribution in [3.05, 3.63) is 84.2 Å². The van der Waals surface area contributed by atoms with Crippen molar-refractivity contribution < 1.29 is 27.1 Å². The first-order valence-corrected chi connectivity index (χ1v) is 10.9. The predicted octanol–water partition coefficient (Wildman–Crippen LogP) is 4.30. The fraction of sp³-hybridized carbons (Fsp3) is 0.0870. The highest BCUT2D eigenvalue weighted by Crippen LogP contribution is 2.31. The number of benzene rings is 3. The number of rotatable bonds is 8. The first-order chi connectivity index (χ1) is 15.3. The highest BCUT2D eigenvalue weighted by molar-refractivity contribution is 7.92. The van der Waals surface area contributed by atoms with E-state index in [0.717, 1.165) is 0 Å². The summed E-state index contributed by atoms with van der Waals surface area (Å²) in [7, 11) is -0.966. The Balaban J connectivity index is 1.67. The molecule has 3 aromatic carbocycles. The van der Waals surface area contributed by atoms with E-state index in [-0.39, 0.29) is 16.4 Å². The third-order valence-corrected chi connectivity index (χ3v) is 5.76. The van der Waals surface area contributed by atoms with E-state index in [1.807, 2.05) is 0 Å². The Kier molecular flexibility index (Phi) is 7.11. The molecule has 32 heavy (non-hydrogen) atoms. The first-order valence-electron chi connectivity index (χ1n) is 9.40. The number of halogens is 1. The minimum atomic E-state index is -3.89. The lowest BCUT2D eigenvalue weighted by molar-refractivity contribution is -0.111. The quantitative estimate of drug-likeness (QED) is 0.493. The van der Waals surface area contributed by atoms with Gasteiger partial charge in [0.25, 0.3) is 10.0 Å². The average Bonchev–Trinajstić information content (AvgIpc) is 2.79. The predicted molar refractivity (Wildman–Crippen MR) is 121 cm³/mol. The van der Waals surface area contributed by atoms with Crippen LogP contribution in [-0.2, 0) is 14.8 Å². The third-order valence-electron chi connectivity index (χ3n) is 4.38. The van der Waals surface area contributed by atoms with Crippen molar-refractivity contribution in [2.45, 2.75) is 4.90 Å². The molecule has 0 fully saturated rings. The maximum absolute atomic E-state index is 12.9. The summed E-state index contributed by atoms with van der Waals surface area (Å²) in [6, 6.07) is 16.1. The average molecular weight is 456 g/mol. The van der Waals surface area contributed by atoms with E-state index in [4.69, 9.17) is 9.47 Å². The molecular formula is C23H21FN2O5S. The van der Waals surface area contributed by atoms with Crippen molar-refractivity contribution in [1.82, 2.24) is 0 Å². The van der Waals surface area contributed by atoms with E-state index >= 15 is 0 Å². The van der Waals surface area contributed by atoms with Gasteiger partial charge in [-0.25, -0.2) is 12.8 Å². The highest BCUT2D eigenvalue weighted by atomic mass is 32.2. The number of methoxy groups -OCH3 is 2. The molecule has 0 aliphatic heterocycles. The molecule has 0 saturated carbocycles. The smallest absolute Gasteiger partial charge is 0.262 e. The Morgan fingerprint density at radius 2 is 1.62 bits per heavy atom. The van der Waals surface area contributed by atoms with Gasteiger partial charge in [0.1, 0.15) is 17.3 Å². The Morgan fingerprint density at radius 3 is 2.25 bits per heavy atom. The summed E-state index contributed by atoms with van der Waals surface area (Å²) in [5, 5.41) is 2.63. The minimum absolute atomic E-state index is 0.00947. The van der Waals surface area contributed by atoms with E-state index in [1.165, 1.54) is 62.8 Å². The van der Waals surface area contributed by atoms with Crippen LogP contribution < -0.4 is 19.5 Å². The summed E-state index contributed by atoms with van der Waals surface area (Å²) in [5.74, 6) is 0.0655. The normalized spacial score (nSPS) is 11.2. The summed E-state index contributed by atoms with van der Waals surface area (Å²) < 4.78 is 51.1. The third kappa shape index (κ3) is 5.86. The number of ether oxygens (including phenoxy) is 2. The molecule has 0 aliphatic rings. The second-order valence-corrected chi connectivity index (χ2v) is 8.25. The van der Waals surface area contributed by atoms with Gasteiger partial charge in [0.2, 0.25) is 5.91 Å². The topological polar surface area (TPSA) is 93.7 Å². The Morgan fingerprint density at radius 1 is 0.938 bits per heavy atom. The van der Waals surface area contributed by atoms with Gasteiger partial charge in [0, 0.05) is 17.8 Å². The van der Waals surface area contributed by atoms with Crippen LogP contribution in [0.15, 0.2) is 77.7 Å². The Bertz CT molecular complexity index is 1220. The molecule has 0 saturated heterocycles. The molecule has 7 nitrogen and oxygen atoms in total. The van der Waals surface area contributed by atoms with Crippen LogP contribution in [0, 0.1) is 5.82 Å². The molecule has 1 amide bonds. The lowest BCUT2D eigenvalue weighted by atomic mass is 10.2. The number of carbonyl (C=O) groups is 1. The number of nitrogens with one attached hydrogen (secondary N) is 2. The molecule has 0 radical (unpaired) electrons. The molecule has 0 spiro atoms. The van der Waals surface area contributed by atoms with Gasteiger partial charge in [0.15, 0.2) is 0 Å². The van der Waals surface area contributed by atoms with E-state index in [0.29, 0.717) is 22.7 Å². The van der Waals surface area contributed by atoms with Gasteiger partial charge in [-0.1, -0.05) is 12.1 Å². The van der Waals surface area contributed by atoms with Crippen molar-refractivity contribution in [3.8, 4) is 11.5 Å². The molecule has 0 heterocycles. The van der Waals surface area contributed by atoms with Crippen molar-refractivity contribution in [2.75, 3.05) is 24.3 Å². The van der Waals surface area contributed by atoms with E-state index in [9.17, 15) is 17.6 Å². The van der Waals surface area contributed by atoms with Crippen LogP contribution in [0.3, 0.4) is 0 Å². The van der Waals surface area contributed by atoms with Gasteiger partial charge in [-0.3, -0.25) is 9.52 Å². The van der Waals surface area contributed by atoms with Crippen LogP contribution in [0.2, 0.25) is 0 Å². The maximum atomic E-state index is 12.9. The number of hydrogen-bond acceptors (Lipinski definition) is 5. The second-order valence-electron chi connectivity index (χ2n) is 6.57. The monoisotopic (exact) mass is 456 g/mol. The van der Waals surface area contributed by atoms with E-state index in [1.54, 1.807) is 30.3 Å². The molecule has 0 atom stereocenters. The fourth-order valence-corrected chi connectivity index (χ4v) is 3.80. The summed E-state index contributed by atoms with van der Waals surface area (Å²) in [5.41, 5.74) is 1.35. The minimum Gasteiger partial charge on any atom is -0.497 e. The molecule has 2 N–H and O–H groups in total. The van der Waals surface area contributed by atoms with Gasteiger partial charge >= 0.3 is 0 Å². The zero-order chi connectivity index (χ0) is 23.1. The largest absolute Gasteiger partial charge is 0.497 e.